The predicted octanol–water partition coefficient (Wildman–Crippen LogP) is 7.74. The number of aryl methyl sites for hydroxylation is 2. The van der Waals surface area contributed by atoms with E-state index in [0.29, 0.717) is 5.69 Å². The van der Waals surface area contributed by atoms with Gasteiger partial charge in [0.2, 0.25) is 0 Å². The molecule has 3 rings (SSSR count). The van der Waals surface area contributed by atoms with Crippen LogP contribution in [0, 0.1) is 0 Å². The van der Waals surface area contributed by atoms with Crippen molar-refractivity contribution in [1.29, 1.82) is 0 Å². The number of rotatable bonds is 13. The van der Waals surface area contributed by atoms with Crippen LogP contribution in [-0.2, 0) is 12.8 Å². The van der Waals surface area contributed by atoms with Gasteiger partial charge >= 0.3 is 5.97 Å². The van der Waals surface area contributed by atoms with Gasteiger partial charge in [-0.15, -0.1) is 12.4 Å². The Morgan fingerprint density at radius 3 is 2.09 bits per heavy atom. The molecule has 0 spiro atoms. The molecular formula is C29H37ClN2O2. The Bertz CT molecular complexity index is 1020. The minimum Gasteiger partial charge on any atom is -0.478 e. The summed E-state index contributed by atoms with van der Waals surface area (Å²) in [5, 5.41) is 12.9. The Balaban J connectivity index is 0.00000408. The number of hydrogen-bond acceptors (Lipinski definition) is 3. The Morgan fingerprint density at radius 1 is 0.824 bits per heavy atom. The fourth-order valence-electron chi connectivity index (χ4n) is 3.98. The molecule has 0 amide bonds. The fraction of sp³-hybridized carbons (Fsp3) is 0.345. The van der Waals surface area contributed by atoms with E-state index >= 15 is 0 Å². The van der Waals surface area contributed by atoms with Crippen molar-refractivity contribution in [2.75, 3.05) is 23.3 Å². The van der Waals surface area contributed by atoms with Crippen LogP contribution in [-0.4, -0.2) is 24.2 Å². The molecule has 3 aromatic carbocycles. The zero-order valence-electron chi connectivity index (χ0n) is 20.3. The lowest BCUT2D eigenvalue weighted by Crippen LogP contribution is -2.25. The van der Waals surface area contributed by atoms with Gasteiger partial charge in [0.15, 0.2) is 0 Å². The number of unbranched alkanes of at least 4 members (excludes halogenated alkanes) is 2. The van der Waals surface area contributed by atoms with E-state index in [9.17, 15) is 9.90 Å². The van der Waals surface area contributed by atoms with Crippen molar-refractivity contribution in [3.8, 4) is 0 Å². The zero-order valence-corrected chi connectivity index (χ0v) is 21.1. The number of carboxylic acids is 1. The molecule has 0 aliphatic heterocycles. The first-order chi connectivity index (χ1) is 16.1. The summed E-state index contributed by atoms with van der Waals surface area (Å²) in [6.07, 6.45) is 6.60. The number of para-hydroxylation sites is 1. The topological polar surface area (TPSA) is 52.6 Å². The molecule has 4 nitrogen and oxygen atoms in total. The van der Waals surface area contributed by atoms with Crippen LogP contribution in [0.3, 0.4) is 0 Å². The first kappa shape index (κ1) is 27.3. The summed E-state index contributed by atoms with van der Waals surface area (Å²) < 4.78 is 0. The number of anilines is 3. The van der Waals surface area contributed by atoms with Crippen molar-refractivity contribution < 1.29 is 9.90 Å². The summed E-state index contributed by atoms with van der Waals surface area (Å²) in [7, 11) is 0. The van der Waals surface area contributed by atoms with E-state index < -0.39 is 5.97 Å². The molecule has 0 atom stereocenters. The zero-order chi connectivity index (χ0) is 23.5. The third-order valence-electron chi connectivity index (χ3n) is 5.91. The lowest BCUT2D eigenvalue weighted by atomic mass is 10.0. The van der Waals surface area contributed by atoms with Crippen LogP contribution in [0.15, 0.2) is 72.8 Å². The van der Waals surface area contributed by atoms with E-state index in [1.54, 1.807) is 6.07 Å². The van der Waals surface area contributed by atoms with Crippen LogP contribution in [0.4, 0.5) is 17.1 Å². The highest BCUT2D eigenvalue weighted by Gasteiger charge is 2.12. The van der Waals surface area contributed by atoms with Gasteiger partial charge < -0.3 is 15.3 Å². The quantitative estimate of drug-likeness (QED) is 0.262. The van der Waals surface area contributed by atoms with Gasteiger partial charge in [-0.05, 0) is 73.2 Å². The number of nitrogens with one attached hydrogen (secondary N) is 1. The Kier molecular flexibility index (Phi) is 11.5. The van der Waals surface area contributed by atoms with Crippen molar-refractivity contribution in [2.24, 2.45) is 0 Å². The third kappa shape index (κ3) is 8.11. The highest BCUT2D eigenvalue weighted by atomic mass is 35.5. The molecule has 182 valence electrons. The maximum atomic E-state index is 11.7. The first-order valence-corrected chi connectivity index (χ1v) is 12.1. The van der Waals surface area contributed by atoms with E-state index in [-0.39, 0.29) is 18.0 Å². The number of hydrogen-bond donors (Lipinski definition) is 2. The monoisotopic (exact) mass is 480 g/mol. The molecule has 34 heavy (non-hydrogen) atoms. The molecule has 3 aromatic rings. The molecule has 5 heteroatoms. The highest BCUT2D eigenvalue weighted by Crippen LogP contribution is 2.24. The summed E-state index contributed by atoms with van der Waals surface area (Å²) in [5.41, 5.74) is 5.53. The molecule has 0 aromatic heterocycles. The first-order valence-electron chi connectivity index (χ1n) is 12.1. The molecule has 0 saturated carbocycles. The smallest absolute Gasteiger partial charge is 0.337 e. The third-order valence-corrected chi connectivity index (χ3v) is 5.91. The van der Waals surface area contributed by atoms with E-state index in [2.05, 4.69) is 48.3 Å². The summed E-state index contributed by atoms with van der Waals surface area (Å²) in [5.74, 6) is -0.924. The highest BCUT2D eigenvalue weighted by molar-refractivity contribution is 5.95. The van der Waals surface area contributed by atoms with Gasteiger partial charge in [-0.1, -0.05) is 63.1 Å². The number of halogens is 1. The van der Waals surface area contributed by atoms with Crippen LogP contribution in [0.2, 0.25) is 0 Å². The second-order valence-corrected chi connectivity index (χ2v) is 8.54. The Hall–Kier alpha value is -2.98. The number of carbonyl (C=O) groups is 1. The van der Waals surface area contributed by atoms with Gasteiger partial charge in [0.1, 0.15) is 0 Å². The summed E-state index contributed by atoms with van der Waals surface area (Å²) in [6.45, 7) is 6.69. The second-order valence-electron chi connectivity index (χ2n) is 8.54. The average molecular weight is 481 g/mol. The number of carboxylic acid groups (broad SMARTS) is 1. The molecule has 0 aliphatic rings. The van der Waals surface area contributed by atoms with Crippen LogP contribution in [0.1, 0.15) is 61.0 Å². The van der Waals surface area contributed by atoms with Crippen molar-refractivity contribution in [1.82, 2.24) is 0 Å². The SMILES string of the molecule is CCCCN(CCCC)c1cccc(CCc2ccc(C(=O)O)c(Nc3ccccc3)c2)c1.Cl. The largest absolute Gasteiger partial charge is 0.478 e. The summed E-state index contributed by atoms with van der Waals surface area (Å²) in [6, 6.07) is 24.2. The molecule has 2 N–H and O–H groups in total. The number of benzene rings is 3. The van der Waals surface area contributed by atoms with Crippen LogP contribution in [0.5, 0.6) is 0 Å². The lowest BCUT2D eigenvalue weighted by Gasteiger charge is -2.25. The lowest BCUT2D eigenvalue weighted by molar-refractivity contribution is 0.0698. The van der Waals surface area contributed by atoms with Gasteiger partial charge in [0.05, 0.1) is 11.3 Å². The van der Waals surface area contributed by atoms with Crippen molar-refractivity contribution in [3.05, 3.63) is 89.5 Å². The predicted molar refractivity (Wildman–Crippen MR) is 146 cm³/mol. The summed E-state index contributed by atoms with van der Waals surface area (Å²) >= 11 is 0. The average Bonchev–Trinajstić information content (AvgIpc) is 2.83. The second kappa shape index (κ2) is 14.3. The minimum atomic E-state index is -0.924. The van der Waals surface area contributed by atoms with E-state index in [1.807, 2.05) is 42.5 Å². The van der Waals surface area contributed by atoms with Crippen LogP contribution < -0.4 is 10.2 Å². The normalized spacial score (nSPS) is 10.4. The molecule has 0 fully saturated rings. The molecule has 0 radical (unpaired) electrons. The maximum absolute atomic E-state index is 11.7. The van der Waals surface area contributed by atoms with Crippen molar-refractivity contribution in [2.45, 2.75) is 52.4 Å². The molecule has 0 bridgehead atoms. The Labute approximate surface area is 210 Å². The van der Waals surface area contributed by atoms with Crippen LogP contribution >= 0.6 is 12.4 Å². The molecular weight excluding hydrogens is 444 g/mol. The molecule has 0 aliphatic carbocycles. The number of nitrogens with zero attached hydrogens (tertiary/aromatic N) is 1. The van der Waals surface area contributed by atoms with E-state index in [4.69, 9.17) is 0 Å². The minimum absolute atomic E-state index is 0. The molecule has 0 heterocycles. The van der Waals surface area contributed by atoms with Gasteiger partial charge in [-0.3, -0.25) is 0 Å². The van der Waals surface area contributed by atoms with Gasteiger partial charge in [-0.25, -0.2) is 4.79 Å². The van der Waals surface area contributed by atoms with Crippen LogP contribution in [0.25, 0.3) is 0 Å². The molecule has 0 unspecified atom stereocenters. The maximum Gasteiger partial charge on any atom is 0.337 e. The fourth-order valence-corrected chi connectivity index (χ4v) is 3.98. The molecule has 0 saturated heterocycles. The summed E-state index contributed by atoms with van der Waals surface area (Å²) in [4.78, 5) is 14.2. The van der Waals surface area contributed by atoms with Crippen molar-refractivity contribution >= 4 is 35.4 Å². The standard InChI is InChI=1S/C29H36N2O2.ClH/c1-3-5-19-31(20-6-4-2)26-14-10-11-23(21-26)15-16-24-17-18-27(29(32)33)28(22-24)30-25-12-8-7-9-13-25;/h7-14,17-18,21-22,30H,3-6,15-16,19-20H2,1-2H3,(H,32,33);1H. The van der Waals surface area contributed by atoms with Gasteiger partial charge in [0, 0.05) is 24.5 Å². The van der Waals surface area contributed by atoms with Crippen molar-refractivity contribution in [3.63, 3.8) is 0 Å². The number of aromatic carboxylic acids is 1. The van der Waals surface area contributed by atoms with Gasteiger partial charge in [0.25, 0.3) is 0 Å². The van der Waals surface area contributed by atoms with E-state index in [1.165, 1.54) is 36.9 Å². The van der Waals surface area contributed by atoms with E-state index in [0.717, 1.165) is 37.2 Å². The van der Waals surface area contributed by atoms with Gasteiger partial charge in [-0.2, -0.15) is 0 Å². The Morgan fingerprint density at radius 2 is 1.47 bits per heavy atom.